The van der Waals surface area contributed by atoms with Gasteiger partial charge in [-0.1, -0.05) is 0 Å². The molecule has 3 nitrogen and oxygen atoms in total. The molecule has 1 N–H and O–H groups in total. The summed E-state index contributed by atoms with van der Waals surface area (Å²) in [5.41, 5.74) is -1.63. The Hall–Kier alpha value is -1.46. The van der Waals surface area contributed by atoms with E-state index in [0.717, 1.165) is 0 Å². The van der Waals surface area contributed by atoms with Gasteiger partial charge in [-0.05, 0) is 6.92 Å². The summed E-state index contributed by atoms with van der Waals surface area (Å²) in [5.74, 6) is -1.02. The fourth-order valence-electron chi connectivity index (χ4n) is 2.26. The number of carbonyl (C=O) groups excluding carboxylic acids is 1. The summed E-state index contributed by atoms with van der Waals surface area (Å²) in [6.45, 7) is 1.64. The quantitative estimate of drug-likeness (QED) is 0.721. The van der Waals surface area contributed by atoms with Crippen LogP contribution in [-0.4, -0.2) is 12.1 Å². The summed E-state index contributed by atoms with van der Waals surface area (Å²) >= 11 is 0. The van der Waals surface area contributed by atoms with Crippen LogP contribution in [0.15, 0.2) is 4.42 Å². The van der Waals surface area contributed by atoms with Gasteiger partial charge in [0.05, 0.1) is 5.69 Å². The largest absolute Gasteiger partial charge is 0.462 e. The normalized spacial score (nSPS) is 27.3. The first-order valence-corrected chi connectivity index (χ1v) is 4.39. The fourth-order valence-corrected chi connectivity index (χ4v) is 2.26. The average Bonchev–Trinajstić information content (AvgIpc) is 2.66. The first-order chi connectivity index (χ1) is 6.88. The lowest BCUT2D eigenvalue weighted by Gasteiger charge is -2.23. The van der Waals surface area contributed by atoms with Crippen LogP contribution >= 0.6 is 0 Å². The Labute approximate surface area is 82.2 Å². The maximum absolute atomic E-state index is 12.9. The van der Waals surface area contributed by atoms with E-state index in [1.54, 1.807) is 6.92 Å². The molecule has 1 aromatic rings. The highest BCUT2D eigenvalue weighted by molar-refractivity contribution is 6.08. The number of hydrogen-bond donors (Lipinski definition) is 1. The summed E-state index contributed by atoms with van der Waals surface area (Å²) in [5, 5.41) is 2.24. The van der Waals surface area contributed by atoms with E-state index in [2.05, 4.69) is 5.32 Å². The summed E-state index contributed by atoms with van der Waals surface area (Å²) in [7, 11) is 0. The van der Waals surface area contributed by atoms with Gasteiger partial charge in [-0.25, -0.2) is 0 Å². The van der Waals surface area contributed by atoms with Gasteiger partial charge in [-0.2, -0.15) is 13.2 Å². The zero-order valence-electron chi connectivity index (χ0n) is 7.66. The van der Waals surface area contributed by atoms with Crippen molar-refractivity contribution in [3.05, 3.63) is 17.1 Å². The van der Waals surface area contributed by atoms with Crippen molar-refractivity contribution in [1.29, 1.82) is 0 Å². The molecule has 1 atom stereocenters. The fraction of sp³-hybridized carbons (Fsp3) is 0.444. The van der Waals surface area contributed by atoms with Gasteiger partial charge in [0.1, 0.15) is 5.76 Å². The van der Waals surface area contributed by atoms with Crippen molar-refractivity contribution in [2.75, 3.05) is 5.32 Å². The minimum absolute atomic E-state index is 0.207. The van der Waals surface area contributed by atoms with Crippen molar-refractivity contribution >= 4 is 11.6 Å². The third kappa shape index (κ3) is 0.702. The molecular formula is C9H6F3NO2. The molecule has 0 saturated heterocycles. The number of rotatable bonds is 0. The predicted octanol–water partition coefficient (Wildman–Crippen LogP) is 1.90. The molecule has 6 heteroatoms. The molecule has 3 rings (SSSR count). The second kappa shape index (κ2) is 2.05. The van der Waals surface area contributed by atoms with Gasteiger partial charge >= 0.3 is 6.18 Å². The minimum atomic E-state index is -4.60. The SMILES string of the molecule is Cc1c2oc3c1NC(=O)C3(C(F)(F)F)C2. The molecule has 0 spiro atoms. The summed E-state index contributed by atoms with van der Waals surface area (Å²) in [6.07, 6.45) is -5.00. The highest BCUT2D eigenvalue weighted by Gasteiger charge is 2.71. The summed E-state index contributed by atoms with van der Waals surface area (Å²) in [6, 6.07) is 0. The number of alkyl halides is 3. The Morgan fingerprint density at radius 2 is 2.13 bits per heavy atom. The molecule has 1 unspecified atom stereocenters. The number of nitrogens with one attached hydrogen (secondary N) is 1. The van der Waals surface area contributed by atoms with Crippen LogP contribution < -0.4 is 5.32 Å². The van der Waals surface area contributed by atoms with E-state index >= 15 is 0 Å². The van der Waals surface area contributed by atoms with Gasteiger partial charge in [0.25, 0.3) is 0 Å². The molecule has 2 aliphatic heterocycles. The van der Waals surface area contributed by atoms with E-state index in [9.17, 15) is 18.0 Å². The topological polar surface area (TPSA) is 42.2 Å². The zero-order valence-corrected chi connectivity index (χ0v) is 7.66. The van der Waals surface area contributed by atoms with E-state index in [1.165, 1.54) is 0 Å². The van der Waals surface area contributed by atoms with Crippen molar-refractivity contribution in [1.82, 2.24) is 0 Å². The molecule has 1 amide bonds. The number of fused-ring (bicyclic) bond motifs is 1. The van der Waals surface area contributed by atoms with E-state index in [-0.39, 0.29) is 17.2 Å². The number of amides is 1. The van der Waals surface area contributed by atoms with Crippen molar-refractivity contribution in [2.45, 2.75) is 24.9 Å². The second-order valence-corrected chi connectivity index (χ2v) is 3.89. The van der Waals surface area contributed by atoms with Crippen LogP contribution in [0, 0.1) is 6.92 Å². The van der Waals surface area contributed by atoms with Crippen LogP contribution in [0.5, 0.6) is 0 Å². The Kier molecular flexibility index (Phi) is 1.21. The van der Waals surface area contributed by atoms with Gasteiger partial charge in [0.2, 0.25) is 11.3 Å². The van der Waals surface area contributed by atoms with E-state index < -0.39 is 23.9 Å². The average molecular weight is 217 g/mol. The molecule has 0 fully saturated rings. The third-order valence-corrected chi connectivity index (χ3v) is 3.17. The maximum Gasteiger partial charge on any atom is 0.410 e. The second-order valence-electron chi connectivity index (χ2n) is 3.89. The van der Waals surface area contributed by atoms with Crippen LogP contribution in [0.1, 0.15) is 17.1 Å². The first-order valence-electron chi connectivity index (χ1n) is 4.39. The standard InChI is InChI=1S/C9H6F3NO2/c1-3-4-2-8(9(10,11)12)6(15-4)5(3)13-7(8)14/h2H2,1H3,(H,13,14). The van der Waals surface area contributed by atoms with Gasteiger partial charge in [0, 0.05) is 12.0 Å². The third-order valence-electron chi connectivity index (χ3n) is 3.17. The molecule has 15 heavy (non-hydrogen) atoms. The molecule has 0 saturated carbocycles. The summed E-state index contributed by atoms with van der Waals surface area (Å²) in [4.78, 5) is 11.4. The van der Waals surface area contributed by atoms with E-state index in [0.29, 0.717) is 5.56 Å². The predicted molar refractivity (Wildman–Crippen MR) is 43.5 cm³/mol. The molecular weight excluding hydrogens is 211 g/mol. The first kappa shape index (κ1) is 8.82. The molecule has 0 aromatic carbocycles. The highest BCUT2D eigenvalue weighted by atomic mass is 19.4. The van der Waals surface area contributed by atoms with Crippen molar-refractivity contribution in [3.8, 4) is 0 Å². The number of furan rings is 1. The van der Waals surface area contributed by atoms with Crippen molar-refractivity contribution < 1.29 is 22.4 Å². The van der Waals surface area contributed by atoms with E-state index in [1.807, 2.05) is 0 Å². The Morgan fingerprint density at radius 3 is 2.67 bits per heavy atom. The lowest BCUT2D eigenvalue weighted by Crippen LogP contribution is -2.48. The van der Waals surface area contributed by atoms with Crippen LogP contribution in [0.4, 0.5) is 18.9 Å². The van der Waals surface area contributed by atoms with Crippen LogP contribution in [0.2, 0.25) is 0 Å². The number of halogens is 3. The Bertz CT molecular complexity index is 488. The number of anilines is 1. The molecule has 2 aliphatic rings. The zero-order chi connectivity index (χ0) is 11.0. The lowest BCUT2D eigenvalue weighted by atomic mass is 9.79. The molecule has 3 heterocycles. The molecule has 0 radical (unpaired) electrons. The van der Waals surface area contributed by atoms with Crippen LogP contribution in [-0.2, 0) is 16.6 Å². The maximum atomic E-state index is 12.9. The number of hydrogen-bond acceptors (Lipinski definition) is 2. The smallest absolute Gasteiger partial charge is 0.410 e. The van der Waals surface area contributed by atoms with Crippen LogP contribution in [0.3, 0.4) is 0 Å². The molecule has 0 aliphatic carbocycles. The van der Waals surface area contributed by atoms with Gasteiger partial charge < -0.3 is 9.73 Å². The molecule has 2 bridgehead atoms. The van der Waals surface area contributed by atoms with Gasteiger partial charge in [-0.15, -0.1) is 0 Å². The Balaban J connectivity index is 2.30. The minimum Gasteiger partial charge on any atom is -0.462 e. The van der Waals surface area contributed by atoms with Crippen LogP contribution in [0.25, 0.3) is 0 Å². The van der Waals surface area contributed by atoms with Crippen molar-refractivity contribution in [2.24, 2.45) is 0 Å². The highest BCUT2D eigenvalue weighted by Crippen LogP contribution is 2.57. The van der Waals surface area contributed by atoms with E-state index in [4.69, 9.17) is 4.42 Å². The summed E-state index contributed by atoms with van der Waals surface area (Å²) < 4.78 is 43.7. The monoisotopic (exact) mass is 217 g/mol. The molecule has 1 aromatic heterocycles. The molecule has 80 valence electrons. The Morgan fingerprint density at radius 1 is 1.47 bits per heavy atom. The lowest BCUT2D eigenvalue weighted by molar-refractivity contribution is -0.190. The van der Waals surface area contributed by atoms with Crippen molar-refractivity contribution in [3.63, 3.8) is 0 Å². The van der Waals surface area contributed by atoms with Gasteiger partial charge in [0.15, 0.2) is 5.76 Å². The number of carbonyl (C=O) groups is 1. The van der Waals surface area contributed by atoms with Gasteiger partial charge in [-0.3, -0.25) is 4.79 Å².